The van der Waals surface area contributed by atoms with Crippen LogP contribution >= 0.6 is 11.3 Å². The Hall–Kier alpha value is -0.830. The SMILES string of the molecule is O=C(O)C1CCCc2ccsc21. The minimum Gasteiger partial charge on any atom is -0.481 e. The number of hydrogen-bond donors (Lipinski definition) is 1. The zero-order valence-corrected chi connectivity index (χ0v) is 7.43. The number of fused-ring (bicyclic) bond motifs is 1. The molecule has 0 bridgehead atoms. The molecule has 0 saturated carbocycles. The molecular weight excluding hydrogens is 172 g/mol. The van der Waals surface area contributed by atoms with Gasteiger partial charge in [-0.05, 0) is 36.3 Å². The Labute approximate surface area is 74.8 Å². The van der Waals surface area contributed by atoms with Crippen molar-refractivity contribution >= 4 is 17.3 Å². The van der Waals surface area contributed by atoms with Gasteiger partial charge in [0.15, 0.2) is 0 Å². The summed E-state index contributed by atoms with van der Waals surface area (Å²) in [7, 11) is 0. The minimum atomic E-state index is -0.668. The molecule has 12 heavy (non-hydrogen) atoms. The highest BCUT2D eigenvalue weighted by Crippen LogP contribution is 2.35. The molecule has 0 saturated heterocycles. The van der Waals surface area contributed by atoms with Crippen molar-refractivity contribution in [3.63, 3.8) is 0 Å². The van der Waals surface area contributed by atoms with Gasteiger partial charge in [-0.3, -0.25) is 4.79 Å². The first kappa shape index (κ1) is 7.80. The minimum absolute atomic E-state index is 0.228. The smallest absolute Gasteiger partial charge is 0.311 e. The first-order valence-corrected chi connectivity index (χ1v) is 4.96. The van der Waals surface area contributed by atoms with Gasteiger partial charge in [0, 0.05) is 4.88 Å². The standard InChI is InChI=1S/C9H10O2S/c10-9(11)7-3-1-2-6-4-5-12-8(6)7/h4-5,7H,1-3H2,(H,10,11). The van der Waals surface area contributed by atoms with Gasteiger partial charge in [-0.2, -0.15) is 0 Å². The molecule has 1 aliphatic rings. The van der Waals surface area contributed by atoms with Crippen LogP contribution in [0.2, 0.25) is 0 Å². The first-order chi connectivity index (χ1) is 5.79. The molecule has 1 unspecified atom stereocenters. The van der Waals surface area contributed by atoms with Crippen molar-refractivity contribution in [2.24, 2.45) is 0 Å². The maximum absolute atomic E-state index is 10.8. The third-order valence-corrected chi connectivity index (χ3v) is 3.41. The molecule has 0 aliphatic heterocycles. The number of aryl methyl sites for hydroxylation is 1. The van der Waals surface area contributed by atoms with E-state index in [1.807, 2.05) is 5.38 Å². The fourth-order valence-electron chi connectivity index (χ4n) is 1.72. The summed E-state index contributed by atoms with van der Waals surface area (Å²) in [6.45, 7) is 0. The lowest BCUT2D eigenvalue weighted by Gasteiger charge is -2.17. The normalized spacial score (nSPS) is 21.8. The van der Waals surface area contributed by atoms with Crippen LogP contribution < -0.4 is 0 Å². The number of thiophene rings is 1. The van der Waals surface area contributed by atoms with Crippen molar-refractivity contribution in [3.05, 3.63) is 21.9 Å². The Morgan fingerprint density at radius 3 is 3.25 bits per heavy atom. The third kappa shape index (κ3) is 1.14. The Kier molecular flexibility index (Phi) is 1.89. The number of hydrogen-bond acceptors (Lipinski definition) is 2. The molecule has 1 aromatic heterocycles. The van der Waals surface area contributed by atoms with Crippen molar-refractivity contribution in [1.82, 2.24) is 0 Å². The average Bonchev–Trinajstić information content (AvgIpc) is 2.49. The summed E-state index contributed by atoms with van der Waals surface area (Å²) in [5, 5.41) is 10.9. The van der Waals surface area contributed by atoms with Crippen LogP contribution in [0.25, 0.3) is 0 Å². The molecule has 2 rings (SSSR count). The largest absolute Gasteiger partial charge is 0.481 e. The number of rotatable bonds is 1. The van der Waals surface area contributed by atoms with Gasteiger partial charge in [0.05, 0.1) is 5.92 Å². The van der Waals surface area contributed by atoms with Crippen LogP contribution in [0.3, 0.4) is 0 Å². The summed E-state index contributed by atoms with van der Waals surface area (Å²) in [6, 6.07) is 2.05. The summed E-state index contributed by atoms with van der Waals surface area (Å²) < 4.78 is 0. The van der Waals surface area contributed by atoms with Crippen molar-refractivity contribution in [3.8, 4) is 0 Å². The van der Waals surface area contributed by atoms with E-state index in [1.54, 1.807) is 11.3 Å². The molecule has 64 valence electrons. The topological polar surface area (TPSA) is 37.3 Å². The van der Waals surface area contributed by atoms with Gasteiger partial charge >= 0.3 is 5.97 Å². The number of carbonyl (C=O) groups is 1. The van der Waals surface area contributed by atoms with E-state index in [0.717, 1.165) is 24.1 Å². The molecule has 0 fully saturated rings. The highest BCUT2D eigenvalue weighted by Gasteiger charge is 2.26. The zero-order chi connectivity index (χ0) is 8.55. The van der Waals surface area contributed by atoms with Crippen LogP contribution in [-0.4, -0.2) is 11.1 Å². The van der Waals surface area contributed by atoms with Gasteiger partial charge in [0.1, 0.15) is 0 Å². The van der Waals surface area contributed by atoms with Crippen LogP contribution in [0.15, 0.2) is 11.4 Å². The summed E-state index contributed by atoms with van der Waals surface area (Å²) >= 11 is 1.58. The fourth-order valence-corrected chi connectivity index (χ4v) is 2.81. The van der Waals surface area contributed by atoms with Gasteiger partial charge in [-0.25, -0.2) is 0 Å². The Bertz CT molecular complexity index is 303. The number of aliphatic carboxylic acids is 1. The molecule has 1 heterocycles. The lowest BCUT2D eigenvalue weighted by atomic mass is 9.90. The predicted molar refractivity (Wildman–Crippen MR) is 47.6 cm³/mol. The third-order valence-electron chi connectivity index (χ3n) is 2.33. The van der Waals surface area contributed by atoms with Gasteiger partial charge in [-0.1, -0.05) is 0 Å². The molecule has 1 atom stereocenters. The second-order valence-corrected chi connectivity index (χ2v) is 4.04. The number of carboxylic acid groups (broad SMARTS) is 1. The monoisotopic (exact) mass is 182 g/mol. The molecular formula is C9H10O2S. The van der Waals surface area contributed by atoms with Crippen LogP contribution in [-0.2, 0) is 11.2 Å². The average molecular weight is 182 g/mol. The van der Waals surface area contributed by atoms with Crippen LogP contribution in [0.4, 0.5) is 0 Å². The highest BCUT2D eigenvalue weighted by molar-refractivity contribution is 7.10. The molecule has 2 nitrogen and oxygen atoms in total. The zero-order valence-electron chi connectivity index (χ0n) is 6.62. The van der Waals surface area contributed by atoms with Crippen molar-refractivity contribution < 1.29 is 9.90 Å². The van der Waals surface area contributed by atoms with E-state index < -0.39 is 5.97 Å². The van der Waals surface area contributed by atoms with Crippen molar-refractivity contribution in [1.29, 1.82) is 0 Å². The van der Waals surface area contributed by atoms with E-state index in [-0.39, 0.29) is 5.92 Å². The van der Waals surface area contributed by atoms with E-state index in [0.29, 0.717) is 0 Å². The molecule has 1 N–H and O–H groups in total. The van der Waals surface area contributed by atoms with Gasteiger partial charge < -0.3 is 5.11 Å². The molecule has 1 aromatic rings. The van der Waals surface area contributed by atoms with Gasteiger partial charge in [0.25, 0.3) is 0 Å². The molecule has 0 spiro atoms. The second kappa shape index (κ2) is 2.90. The second-order valence-electron chi connectivity index (χ2n) is 3.09. The molecule has 0 amide bonds. The van der Waals surface area contributed by atoms with Gasteiger partial charge in [-0.15, -0.1) is 11.3 Å². The summed E-state index contributed by atoms with van der Waals surface area (Å²) in [4.78, 5) is 11.9. The molecule has 0 aromatic carbocycles. The van der Waals surface area contributed by atoms with E-state index in [4.69, 9.17) is 5.11 Å². The summed E-state index contributed by atoms with van der Waals surface area (Å²) in [5.41, 5.74) is 1.25. The van der Waals surface area contributed by atoms with Crippen LogP contribution in [0, 0.1) is 0 Å². The van der Waals surface area contributed by atoms with E-state index in [9.17, 15) is 4.79 Å². The first-order valence-electron chi connectivity index (χ1n) is 4.08. The molecule has 1 aliphatic carbocycles. The maximum Gasteiger partial charge on any atom is 0.311 e. The molecule has 0 radical (unpaired) electrons. The van der Waals surface area contributed by atoms with E-state index in [2.05, 4.69) is 6.07 Å². The maximum atomic E-state index is 10.8. The van der Waals surface area contributed by atoms with Crippen LogP contribution in [0.1, 0.15) is 29.2 Å². The molecule has 3 heteroatoms. The van der Waals surface area contributed by atoms with Crippen molar-refractivity contribution in [2.75, 3.05) is 0 Å². The summed E-state index contributed by atoms with van der Waals surface area (Å²) in [6.07, 6.45) is 2.88. The van der Waals surface area contributed by atoms with Crippen molar-refractivity contribution in [2.45, 2.75) is 25.2 Å². The van der Waals surface area contributed by atoms with Gasteiger partial charge in [0.2, 0.25) is 0 Å². The van der Waals surface area contributed by atoms with E-state index in [1.165, 1.54) is 5.56 Å². The van der Waals surface area contributed by atoms with Crippen LogP contribution in [0.5, 0.6) is 0 Å². The highest BCUT2D eigenvalue weighted by atomic mass is 32.1. The lowest BCUT2D eigenvalue weighted by Crippen LogP contribution is -2.15. The summed E-state index contributed by atoms with van der Waals surface area (Å²) in [5.74, 6) is -0.896. The predicted octanol–water partition coefficient (Wildman–Crippen LogP) is 2.25. The number of carboxylic acids is 1. The van der Waals surface area contributed by atoms with E-state index >= 15 is 0 Å². The Balaban J connectivity index is 2.37. The Morgan fingerprint density at radius 1 is 1.67 bits per heavy atom. The quantitative estimate of drug-likeness (QED) is 0.723. The Morgan fingerprint density at radius 2 is 2.50 bits per heavy atom. The lowest BCUT2D eigenvalue weighted by molar-refractivity contribution is -0.139. The fraction of sp³-hybridized carbons (Fsp3) is 0.444.